The van der Waals surface area contributed by atoms with Crippen molar-refractivity contribution in [2.45, 2.75) is 17.7 Å². The number of benzene rings is 3. The van der Waals surface area contributed by atoms with E-state index in [0.29, 0.717) is 12.2 Å². The Labute approximate surface area is 204 Å². The lowest BCUT2D eigenvalue weighted by molar-refractivity contribution is -0.114. The molecule has 1 N–H and O–H groups in total. The molecule has 0 saturated carbocycles. The number of ether oxygens (including phenoxy) is 1. The van der Waals surface area contributed by atoms with Gasteiger partial charge in [0.05, 0.1) is 23.4 Å². The van der Waals surface area contributed by atoms with Crippen molar-refractivity contribution in [3.63, 3.8) is 0 Å². The van der Waals surface area contributed by atoms with E-state index in [1.165, 1.54) is 43.0 Å². The summed E-state index contributed by atoms with van der Waals surface area (Å²) in [5.74, 6) is -0.226. The minimum absolute atomic E-state index is 0.0273. The number of hydrogen-bond acceptors (Lipinski definition) is 5. The summed E-state index contributed by atoms with van der Waals surface area (Å²) in [4.78, 5) is 12.4. The number of aromatic nitrogens is 2. The van der Waals surface area contributed by atoms with Crippen LogP contribution in [0.2, 0.25) is 0 Å². The van der Waals surface area contributed by atoms with Crippen molar-refractivity contribution < 1.29 is 17.9 Å². The summed E-state index contributed by atoms with van der Waals surface area (Å²) in [7, 11) is -2.52. The second kappa shape index (κ2) is 10.8. The normalized spacial score (nSPS) is 11.5. The van der Waals surface area contributed by atoms with Crippen LogP contribution in [0.25, 0.3) is 11.8 Å². The molecular formula is C27H25N3O4S. The summed E-state index contributed by atoms with van der Waals surface area (Å²) in [5.41, 5.74) is 3.61. The molecule has 4 aromatic rings. The van der Waals surface area contributed by atoms with Crippen molar-refractivity contribution in [2.24, 2.45) is 0 Å². The molecule has 7 nitrogen and oxygen atoms in total. The third-order valence-electron chi connectivity index (χ3n) is 5.36. The van der Waals surface area contributed by atoms with E-state index in [2.05, 4.69) is 16.9 Å². The van der Waals surface area contributed by atoms with Gasteiger partial charge in [-0.05, 0) is 60.9 Å². The van der Waals surface area contributed by atoms with Crippen LogP contribution in [0.3, 0.4) is 0 Å². The second-order valence-electron chi connectivity index (χ2n) is 7.78. The first-order valence-electron chi connectivity index (χ1n) is 11.0. The number of hydrogen-bond donors (Lipinski definition) is 1. The van der Waals surface area contributed by atoms with Crippen molar-refractivity contribution in [1.29, 1.82) is 0 Å². The van der Waals surface area contributed by atoms with E-state index < -0.39 is 15.9 Å². The Hall–Kier alpha value is -4.17. The van der Waals surface area contributed by atoms with Crippen LogP contribution in [0.15, 0.2) is 102 Å². The van der Waals surface area contributed by atoms with Crippen molar-refractivity contribution in [1.82, 2.24) is 14.5 Å². The largest absolute Gasteiger partial charge is 0.497 e. The summed E-state index contributed by atoms with van der Waals surface area (Å²) in [6.07, 6.45) is 6.07. The summed E-state index contributed by atoms with van der Waals surface area (Å²) < 4.78 is 34.0. The highest BCUT2D eigenvalue weighted by atomic mass is 32.2. The fraction of sp³-hybridized carbons (Fsp3) is 0.111. The third kappa shape index (κ3) is 6.24. The third-order valence-corrected chi connectivity index (χ3v) is 6.72. The molecule has 35 heavy (non-hydrogen) atoms. The van der Waals surface area contributed by atoms with Gasteiger partial charge in [-0.3, -0.25) is 4.79 Å². The first-order valence-corrected chi connectivity index (χ1v) is 12.5. The molecule has 3 aromatic carbocycles. The molecule has 0 aliphatic carbocycles. The molecule has 0 aliphatic rings. The number of carbonyl (C=O) groups excluding carboxylic acids is 1. The van der Waals surface area contributed by atoms with E-state index in [4.69, 9.17) is 9.84 Å². The fourth-order valence-corrected chi connectivity index (χ4v) is 4.47. The monoisotopic (exact) mass is 487 g/mol. The lowest BCUT2D eigenvalue weighted by Crippen LogP contribution is -2.28. The zero-order chi connectivity index (χ0) is 24.7. The molecule has 8 heteroatoms. The van der Waals surface area contributed by atoms with E-state index in [0.717, 1.165) is 23.4 Å². The van der Waals surface area contributed by atoms with E-state index in [9.17, 15) is 13.2 Å². The zero-order valence-corrected chi connectivity index (χ0v) is 20.0. The standard InChI is InChI=1S/C27H25N3O4S/c1-34-24-14-16-25(17-15-24)35(32,33)29-27(31)19-13-22-20-30(23-10-6-3-7-11-23)28-26(22)18-12-21-8-4-2-5-9-21/h2-11,13-17,19-20H,12,18H2,1H3,(H,29,31)/b19-13+. The number of amides is 1. The number of para-hydroxylation sites is 1. The second-order valence-corrected chi connectivity index (χ2v) is 9.46. The predicted molar refractivity (Wildman–Crippen MR) is 135 cm³/mol. The van der Waals surface area contributed by atoms with Crippen LogP contribution in [0.4, 0.5) is 0 Å². The van der Waals surface area contributed by atoms with Gasteiger partial charge in [-0.2, -0.15) is 5.10 Å². The van der Waals surface area contributed by atoms with Crippen LogP contribution >= 0.6 is 0 Å². The maximum absolute atomic E-state index is 12.5. The topological polar surface area (TPSA) is 90.3 Å². The first-order chi connectivity index (χ1) is 16.9. The van der Waals surface area contributed by atoms with Crippen LogP contribution in [0, 0.1) is 0 Å². The van der Waals surface area contributed by atoms with Gasteiger partial charge in [0.25, 0.3) is 15.9 Å². The number of methoxy groups -OCH3 is 1. The van der Waals surface area contributed by atoms with Gasteiger partial charge in [-0.15, -0.1) is 0 Å². The van der Waals surface area contributed by atoms with Crippen LogP contribution in [0.1, 0.15) is 16.8 Å². The fourth-order valence-electron chi connectivity index (χ4n) is 3.52. The summed E-state index contributed by atoms with van der Waals surface area (Å²) in [6.45, 7) is 0. The van der Waals surface area contributed by atoms with Crippen molar-refractivity contribution in [3.05, 3.63) is 114 Å². The SMILES string of the molecule is COc1ccc(S(=O)(=O)NC(=O)/C=C/c2cn(-c3ccccc3)nc2CCc2ccccc2)cc1. The van der Waals surface area contributed by atoms with E-state index in [1.807, 2.05) is 54.7 Å². The molecule has 0 atom stereocenters. The minimum atomic E-state index is -4.01. The minimum Gasteiger partial charge on any atom is -0.497 e. The highest BCUT2D eigenvalue weighted by molar-refractivity contribution is 7.90. The molecule has 0 radical (unpaired) electrons. The summed E-state index contributed by atoms with van der Waals surface area (Å²) in [6, 6.07) is 25.5. The molecule has 0 unspecified atom stereocenters. The molecule has 4 rings (SSSR count). The maximum atomic E-state index is 12.5. The van der Waals surface area contributed by atoms with Gasteiger partial charge in [-0.25, -0.2) is 17.8 Å². The van der Waals surface area contributed by atoms with Gasteiger partial charge in [0.2, 0.25) is 0 Å². The van der Waals surface area contributed by atoms with Gasteiger partial charge in [-0.1, -0.05) is 48.5 Å². The average Bonchev–Trinajstić information content (AvgIpc) is 3.30. The van der Waals surface area contributed by atoms with Gasteiger partial charge in [0, 0.05) is 17.8 Å². The van der Waals surface area contributed by atoms with Gasteiger partial charge >= 0.3 is 0 Å². The van der Waals surface area contributed by atoms with Crippen LogP contribution in [-0.4, -0.2) is 31.2 Å². The molecule has 0 fully saturated rings. The smallest absolute Gasteiger partial charge is 0.264 e. The number of nitrogens with one attached hydrogen (secondary N) is 1. The van der Waals surface area contributed by atoms with E-state index >= 15 is 0 Å². The Bertz CT molecular complexity index is 1410. The molecule has 1 heterocycles. The van der Waals surface area contributed by atoms with Gasteiger partial charge < -0.3 is 4.74 Å². The van der Waals surface area contributed by atoms with Crippen LogP contribution < -0.4 is 9.46 Å². The molecule has 1 aromatic heterocycles. The molecule has 0 saturated heterocycles. The number of nitrogens with zero attached hydrogens (tertiary/aromatic N) is 2. The maximum Gasteiger partial charge on any atom is 0.264 e. The highest BCUT2D eigenvalue weighted by Gasteiger charge is 2.16. The molecule has 0 bridgehead atoms. The average molecular weight is 488 g/mol. The number of aryl methyl sites for hydroxylation is 2. The van der Waals surface area contributed by atoms with Crippen molar-refractivity contribution in [3.8, 4) is 11.4 Å². The Kier molecular flexibility index (Phi) is 7.42. The van der Waals surface area contributed by atoms with Gasteiger partial charge in [0.15, 0.2) is 0 Å². The van der Waals surface area contributed by atoms with Gasteiger partial charge in [0.1, 0.15) is 5.75 Å². The van der Waals surface area contributed by atoms with Crippen LogP contribution in [0.5, 0.6) is 5.75 Å². The van der Waals surface area contributed by atoms with Crippen molar-refractivity contribution in [2.75, 3.05) is 7.11 Å². The summed E-state index contributed by atoms with van der Waals surface area (Å²) in [5, 5.41) is 4.72. The molecule has 0 aliphatic heterocycles. The summed E-state index contributed by atoms with van der Waals surface area (Å²) >= 11 is 0. The highest BCUT2D eigenvalue weighted by Crippen LogP contribution is 2.18. The molecular weight excluding hydrogens is 462 g/mol. The lowest BCUT2D eigenvalue weighted by Gasteiger charge is -2.06. The number of sulfonamides is 1. The molecule has 178 valence electrons. The van der Waals surface area contributed by atoms with E-state index in [-0.39, 0.29) is 4.90 Å². The zero-order valence-electron chi connectivity index (χ0n) is 19.2. The Morgan fingerprint density at radius 3 is 2.26 bits per heavy atom. The Morgan fingerprint density at radius 1 is 0.943 bits per heavy atom. The number of rotatable bonds is 9. The van der Waals surface area contributed by atoms with Crippen LogP contribution in [-0.2, 0) is 27.7 Å². The Balaban J connectivity index is 1.53. The molecule has 1 amide bonds. The lowest BCUT2D eigenvalue weighted by atomic mass is 10.1. The quantitative estimate of drug-likeness (QED) is 0.358. The van der Waals surface area contributed by atoms with E-state index in [1.54, 1.807) is 10.8 Å². The molecule has 0 spiro atoms. The Morgan fingerprint density at radius 2 is 1.60 bits per heavy atom. The first kappa shape index (κ1) is 24.0. The predicted octanol–water partition coefficient (Wildman–Crippen LogP) is 4.18. The van der Waals surface area contributed by atoms with Crippen molar-refractivity contribution >= 4 is 22.0 Å². The number of carbonyl (C=O) groups is 1.